The van der Waals surface area contributed by atoms with Crippen molar-refractivity contribution >= 4 is 17.4 Å². The van der Waals surface area contributed by atoms with Crippen LogP contribution in [0.1, 0.15) is 11.1 Å². The van der Waals surface area contributed by atoms with Gasteiger partial charge in [-0.2, -0.15) is 0 Å². The van der Waals surface area contributed by atoms with Gasteiger partial charge in [0.1, 0.15) is 5.75 Å². The number of rotatable bonds is 1. The molecule has 0 aromatic heterocycles. The number of hydrogen-bond donors (Lipinski definition) is 2. The average Bonchev–Trinajstić information content (AvgIpc) is 2.50. The van der Waals surface area contributed by atoms with E-state index in [0.29, 0.717) is 16.7 Å². The maximum absolute atomic E-state index is 11.3. The number of amides is 2. The van der Waals surface area contributed by atoms with Crippen LogP contribution < -0.4 is 5.32 Å². The summed E-state index contributed by atoms with van der Waals surface area (Å²) in [4.78, 5) is 22.2. The van der Waals surface area contributed by atoms with Crippen molar-refractivity contribution in [1.82, 2.24) is 5.32 Å². The van der Waals surface area contributed by atoms with Gasteiger partial charge in [-0.15, -0.1) is 0 Å². The number of carbonyl (C=O) groups is 2. The second kappa shape index (κ2) is 3.24. The van der Waals surface area contributed by atoms with Crippen molar-refractivity contribution in [2.75, 3.05) is 0 Å². The Hall–Kier alpha value is -2.10. The van der Waals surface area contributed by atoms with Gasteiger partial charge in [-0.05, 0) is 30.2 Å². The van der Waals surface area contributed by atoms with Crippen LogP contribution in [0.3, 0.4) is 0 Å². The van der Waals surface area contributed by atoms with Crippen LogP contribution in [0.15, 0.2) is 24.3 Å². The first-order valence-electron chi connectivity index (χ1n) is 4.45. The number of hydrogen-bond acceptors (Lipinski definition) is 3. The van der Waals surface area contributed by atoms with E-state index in [9.17, 15) is 14.7 Å². The molecule has 1 aromatic rings. The lowest BCUT2D eigenvalue weighted by atomic mass is 10.0. The summed E-state index contributed by atoms with van der Waals surface area (Å²) in [5.41, 5.74) is 1.64. The van der Waals surface area contributed by atoms with Crippen molar-refractivity contribution in [3.63, 3.8) is 0 Å². The molecule has 0 unspecified atom stereocenters. The van der Waals surface area contributed by atoms with Gasteiger partial charge in [-0.25, -0.2) is 0 Å². The van der Waals surface area contributed by atoms with E-state index in [-0.39, 0.29) is 5.75 Å². The van der Waals surface area contributed by atoms with E-state index in [2.05, 4.69) is 5.32 Å². The molecule has 0 atom stereocenters. The zero-order chi connectivity index (χ0) is 11.0. The zero-order valence-electron chi connectivity index (χ0n) is 8.07. The van der Waals surface area contributed by atoms with Crippen LogP contribution in [0.4, 0.5) is 0 Å². The molecule has 1 heterocycles. The third-order valence-electron chi connectivity index (χ3n) is 2.26. The fourth-order valence-corrected chi connectivity index (χ4v) is 1.45. The van der Waals surface area contributed by atoms with E-state index < -0.39 is 11.8 Å². The van der Waals surface area contributed by atoms with Gasteiger partial charge in [-0.1, -0.05) is 6.07 Å². The molecular weight excluding hydrogens is 194 g/mol. The quantitative estimate of drug-likeness (QED) is 0.661. The van der Waals surface area contributed by atoms with Crippen LogP contribution >= 0.6 is 0 Å². The van der Waals surface area contributed by atoms with Crippen molar-refractivity contribution in [2.24, 2.45) is 0 Å². The summed E-state index contributed by atoms with van der Waals surface area (Å²) in [5.74, 6) is -0.630. The van der Waals surface area contributed by atoms with Gasteiger partial charge < -0.3 is 5.11 Å². The highest BCUT2D eigenvalue weighted by Crippen LogP contribution is 2.23. The van der Waals surface area contributed by atoms with Crippen LogP contribution in [0.25, 0.3) is 5.57 Å². The number of phenols is 1. The van der Waals surface area contributed by atoms with Crippen LogP contribution in [0.2, 0.25) is 0 Å². The Morgan fingerprint density at radius 2 is 2.00 bits per heavy atom. The number of phenolic OH excluding ortho intramolecular Hbond substituents is 1. The lowest BCUT2D eigenvalue weighted by Gasteiger charge is -2.03. The van der Waals surface area contributed by atoms with Gasteiger partial charge in [-0.3, -0.25) is 14.9 Å². The smallest absolute Gasteiger partial charge is 0.258 e. The zero-order valence-corrected chi connectivity index (χ0v) is 8.07. The number of carbonyl (C=O) groups excluding carboxylic acids is 2. The molecule has 0 spiro atoms. The topological polar surface area (TPSA) is 66.4 Å². The van der Waals surface area contributed by atoms with E-state index in [1.165, 1.54) is 12.1 Å². The molecule has 0 bridgehead atoms. The first kappa shape index (κ1) is 9.45. The average molecular weight is 203 g/mol. The molecule has 4 heteroatoms. The monoisotopic (exact) mass is 203 g/mol. The van der Waals surface area contributed by atoms with Gasteiger partial charge in [0, 0.05) is 6.08 Å². The maximum atomic E-state index is 11.3. The second-order valence-electron chi connectivity index (χ2n) is 3.38. The van der Waals surface area contributed by atoms with Gasteiger partial charge in [0.15, 0.2) is 0 Å². The van der Waals surface area contributed by atoms with Gasteiger partial charge >= 0.3 is 0 Å². The Bertz CT molecular complexity index is 489. The summed E-state index contributed by atoms with van der Waals surface area (Å²) >= 11 is 0. The molecule has 0 saturated heterocycles. The number of benzene rings is 1. The van der Waals surface area contributed by atoms with Crippen molar-refractivity contribution in [1.29, 1.82) is 0 Å². The first-order chi connectivity index (χ1) is 7.08. The summed E-state index contributed by atoms with van der Waals surface area (Å²) in [6.45, 7) is 1.73. The number of nitrogens with one attached hydrogen (secondary N) is 1. The fourth-order valence-electron chi connectivity index (χ4n) is 1.45. The van der Waals surface area contributed by atoms with Crippen molar-refractivity contribution in [2.45, 2.75) is 6.92 Å². The van der Waals surface area contributed by atoms with Gasteiger partial charge in [0.2, 0.25) is 0 Å². The Kier molecular flexibility index (Phi) is 2.04. The molecule has 0 radical (unpaired) electrons. The highest BCUT2D eigenvalue weighted by Gasteiger charge is 2.22. The van der Waals surface area contributed by atoms with Crippen molar-refractivity contribution in [3.05, 3.63) is 35.4 Å². The Balaban J connectivity index is 2.47. The van der Waals surface area contributed by atoms with E-state index >= 15 is 0 Å². The number of aryl methyl sites for hydroxylation is 1. The molecule has 4 nitrogen and oxygen atoms in total. The minimum absolute atomic E-state index is 0.170. The normalized spacial score (nSPS) is 15.1. The minimum atomic E-state index is -0.402. The first-order valence-corrected chi connectivity index (χ1v) is 4.45. The third-order valence-corrected chi connectivity index (χ3v) is 2.26. The van der Waals surface area contributed by atoms with E-state index in [1.807, 2.05) is 0 Å². The van der Waals surface area contributed by atoms with Gasteiger partial charge in [0.25, 0.3) is 11.8 Å². The molecule has 1 aliphatic rings. The highest BCUT2D eigenvalue weighted by atomic mass is 16.3. The van der Waals surface area contributed by atoms with Gasteiger partial charge in [0.05, 0.1) is 5.57 Å². The molecule has 1 aliphatic heterocycles. The lowest BCUT2D eigenvalue weighted by molar-refractivity contribution is -0.123. The van der Waals surface area contributed by atoms with Crippen LogP contribution in [0, 0.1) is 6.92 Å². The van der Waals surface area contributed by atoms with E-state index in [4.69, 9.17) is 0 Å². The summed E-state index contributed by atoms with van der Waals surface area (Å²) in [6.07, 6.45) is 1.26. The molecule has 0 aliphatic carbocycles. The third kappa shape index (κ3) is 1.61. The minimum Gasteiger partial charge on any atom is -0.508 e. The summed E-state index contributed by atoms with van der Waals surface area (Å²) in [5, 5.41) is 11.5. The number of aromatic hydroxyl groups is 1. The molecule has 15 heavy (non-hydrogen) atoms. The number of imide groups is 1. The van der Waals surface area contributed by atoms with E-state index in [1.54, 1.807) is 19.1 Å². The predicted octanol–water partition coefficient (Wildman–Crippen LogP) is 0.740. The highest BCUT2D eigenvalue weighted by molar-refractivity contribution is 6.33. The fraction of sp³-hybridized carbons (Fsp3) is 0.0909. The summed E-state index contributed by atoms with van der Waals surface area (Å²) in [6, 6.07) is 4.77. The molecular formula is C11H9NO3. The molecule has 0 fully saturated rings. The molecule has 2 rings (SSSR count). The lowest BCUT2D eigenvalue weighted by Crippen LogP contribution is -2.21. The molecule has 76 valence electrons. The summed E-state index contributed by atoms with van der Waals surface area (Å²) in [7, 11) is 0. The SMILES string of the molecule is Cc1cc(C2=CC(=O)NC2=O)ccc1O. The van der Waals surface area contributed by atoms with Crippen molar-refractivity contribution < 1.29 is 14.7 Å². The molecule has 2 amide bonds. The van der Waals surface area contributed by atoms with Crippen LogP contribution in [-0.4, -0.2) is 16.9 Å². The van der Waals surface area contributed by atoms with Crippen molar-refractivity contribution in [3.8, 4) is 5.75 Å². The predicted molar refractivity (Wildman–Crippen MR) is 54.0 cm³/mol. The van der Waals surface area contributed by atoms with E-state index in [0.717, 1.165) is 0 Å². The standard InChI is InChI=1S/C11H9NO3/c1-6-4-7(2-3-9(6)13)8-5-10(14)12-11(8)15/h2-5,13H,1H3,(H,12,14,15). The Labute approximate surface area is 86.2 Å². The summed E-state index contributed by atoms with van der Waals surface area (Å²) < 4.78 is 0. The Morgan fingerprint density at radius 3 is 2.53 bits per heavy atom. The molecule has 0 saturated carbocycles. The second-order valence-corrected chi connectivity index (χ2v) is 3.38. The molecule has 1 aromatic carbocycles. The maximum Gasteiger partial charge on any atom is 0.258 e. The van der Waals surface area contributed by atoms with Crippen LogP contribution in [-0.2, 0) is 9.59 Å². The Morgan fingerprint density at radius 1 is 1.27 bits per heavy atom. The largest absolute Gasteiger partial charge is 0.508 e. The molecule has 2 N–H and O–H groups in total. The van der Waals surface area contributed by atoms with Crippen LogP contribution in [0.5, 0.6) is 5.75 Å².